The minimum atomic E-state index is -1.79. The Hall–Kier alpha value is -0.570. The highest BCUT2D eigenvalue weighted by molar-refractivity contribution is 6.60. The fourth-order valence-corrected chi connectivity index (χ4v) is 3.56. The molecule has 0 aliphatic heterocycles. The Kier molecular flexibility index (Phi) is 4.97. The average molecular weight is 343 g/mol. The largest absolute Gasteiger partial charge is 0.386 e. The number of carbonyl (C=O) groups excluding carboxylic acids is 1. The minimum absolute atomic E-state index is 0.0160. The van der Waals surface area contributed by atoms with E-state index < -0.39 is 15.7 Å². The maximum atomic E-state index is 12.7. The lowest BCUT2D eigenvalue weighted by atomic mass is 9.79. The molecule has 1 saturated carbocycles. The molecule has 0 bridgehead atoms. The zero-order valence-electron chi connectivity index (χ0n) is 13.5. The minimum Gasteiger partial charge on any atom is -0.386 e. The Morgan fingerprint density at radius 1 is 1.05 bits per heavy atom. The maximum Gasteiger partial charge on any atom is 0.208 e. The lowest BCUT2D eigenvalue weighted by Crippen LogP contribution is -2.52. The predicted molar refractivity (Wildman–Crippen MR) is 91.9 cm³/mol. The molecule has 0 radical (unpaired) electrons. The van der Waals surface area contributed by atoms with Crippen molar-refractivity contribution in [3.05, 3.63) is 35.4 Å². The zero-order chi connectivity index (χ0) is 16.6. The highest BCUT2D eigenvalue weighted by Gasteiger charge is 2.53. The van der Waals surface area contributed by atoms with E-state index in [4.69, 9.17) is 23.2 Å². The first kappa shape index (κ1) is 17.8. The van der Waals surface area contributed by atoms with E-state index >= 15 is 0 Å². The molecule has 0 saturated heterocycles. The van der Waals surface area contributed by atoms with Crippen LogP contribution in [0.1, 0.15) is 68.8 Å². The molecule has 1 aliphatic rings. The number of ketones is 1. The lowest BCUT2D eigenvalue weighted by Gasteiger charge is -2.40. The molecule has 122 valence electrons. The van der Waals surface area contributed by atoms with Gasteiger partial charge in [0.25, 0.3) is 0 Å². The van der Waals surface area contributed by atoms with Crippen LogP contribution in [0.25, 0.3) is 0 Å². The van der Waals surface area contributed by atoms with Gasteiger partial charge in [0.2, 0.25) is 10.1 Å². The van der Waals surface area contributed by atoms with Crippen LogP contribution in [0.15, 0.2) is 24.3 Å². The average Bonchev–Trinajstić information content (AvgIpc) is 2.46. The van der Waals surface area contributed by atoms with Gasteiger partial charge in [-0.05, 0) is 23.8 Å². The van der Waals surface area contributed by atoms with Gasteiger partial charge in [-0.1, -0.05) is 87.5 Å². The van der Waals surface area contributed by atoms with Crippen molar-refractivity contribution >= 4 is 29.0 Å². The van der Waals surface area contributed by atoms with Crippen LogP contribution in [0.4, 0.5) is 0 Å². The Morgan fingerprint density at radius 3 is 2.00 bits per heavy atom. The Labute approximate surface area is 142 Å². The normalized spacial score (nSPS) is 19.0. The molecule has 22 heavy (non-hydrogen) atoms. The number of carbonyl (C=O) groups is 1. The summed E-state index contributed by atoms with van der Waals surface area (Å²) in [5.41, 5.74) is 0.253. The number of benzene rings is 1. The molecule has 2 rings (SSSR count). The van der Waals surface area contributed by atoms with Crippen molar-refractivity contribution < 1.29 is 9.90 Å². The molecule has 0 heterocycles. The standard InChI is InChI=1S/C18H24Cl2O2/c1-16(2,3)14-9-7-13(8-10-14)15(21)18(19,20)17(22)11-5-4-6-12-17/h7-10,22H,4-6,11-12H2,1-3H3. The molecule has 1 N–H and O–H groups in total. The molecule has 1 aromatic rings. The Morgan fingerprint density at radius 2 is 1.55 bits per heavy atom. The second-order valence-corrected chi connectivity index (χ2v) is 8.65. The van der Waals surface area contributed by atoms with E-state index in [1.165, 1.54) is 0 Å². The van der Waals surface area contributed by atoms with E-state index in [2.05, 4.69) is 20.8 Å². The number of Topliss-reactive ketones (excluding diaryl/α,β-unsaturated/α-hetero) is 1. The van der Waals surface area contributed by atoms with Crippen molar-refractivity contribution in [1.82, 2.24) is 0 Å². The molecule has 0 spiro atoms. The van der Waals surface area contributed by atoms with E-state index in [0.29, 0.717) is 18.4 Å². The van der Waals surface area contributed by atoms with Crippen LogP contribution in [0.3, 0.4) is 0 Å². The maximum absolute atomic E-state index is 12.7. The van der Waals surface area contributed by atoms with E-state index in [1.807, 2.05) is 12.1 Å². The summed E-state index contributed by atoms with van der Waals surface area (Å²) in [6.07, 6.45) is 3.65. The van der Waals surface area contributed by atoms with Crippen LogP contribution in [-0.2, 0) is 5.41 Å². The van der Waals surface area contributed by atoms with E-state index in [0.717, 1.165) is 24.8 Å². The summed E-state index contributed by atoms with van der Waals surface area (Å²) >= 11 is 12.7. The first-order chi connectivity index (χ1) is 10.1. The molecule has 1 aliphatic carbocycles. The summed E-state index contributed by atoms with van der Waals surface area (Å²) in [5.74, 6) is -0.416. The first-order valence-corrected chi connectivity index (χ1v) is 8.59. The van der Waals surface area contributed by atoms with Gasteiger partial charge in [-0.2, -0.15) is 0 Å². The lowest BCUT2D eigenvalue weighted by molar-refractivity contribution is -0.00669. The van der Waals surface area contributed by atoms with Crippen molar-refractivity contribution in [2.75, 3.05) is 0 Å². The smallest absolute Gasteiger partial charge is 0.208 e. The number of halogens is 2. The van der Waals surface area contributed by atoms with Crippen LogP contribution in [0.5, 0.6) is 0 Å². The predicted octanol–water partition coefficient (Wildman–Crippen LogP) is 5.04. The second-order valence-electron chi connectivity index (χ2n) is 7.32. The molecule has 0 amide bonds. The van der Waals surface area contributed by atoms with Crippen molar-refractivity contribution in [2.45, 2.75) is 68.2 Å². The number of rotatable bonds is 3. The van der Waals surface area contributed by atoms with Gasteiger partial charge in [0, 0.05) is 5.56 Å². The molecule has 1 fully saturated rings. The second kappa shape index (κ2) is 6.14. The number of hydrogen-bond donors (Lipinski definition) is 1. The number of hydrogen-bond acceptors (Lipinski definition) is 2. The summed E-state index contributed by atoms with van der Waals surface area (Å²) < 4.78 is -1.79. The van der Waals surface area contributed by atoms with Crippen LogP contribution < -0.4 is 0 Å². The zero-order valence-corrected chi connectivity index (χ0v) is 15.0. The number of aliphatic hydroxyl groups is 1. The van der Waals surface area contributed by atoms with E-state index in [9.17, 15) is 9.90 Å². The van der Waals surface area contributed by atoms with Crippen molar-refractivity contribution in [3.8, 4) is 0 Å². The van der Waals surface area contributed by atoms with Gasteiger partial charge in [0.15, 0.2) is 0 Å². The van der Waals surface area contributed by atoms with Crippen LogP contribution >= 0.6 is 23.2 Å². The van der Waals surface area contributed by atoms with Crippen LogP contribution in [-0.4, -0.2) is 20.8 Å². The molecule has 1 aromatic carbocycles. The van der Waals surface area contributed by atoms with Gasteiger partial charge in [-0.3, -0.25) is 4.79 Å². The van der Waals surface area contributed by atoms with Crippen molar-refractivity contribution in [3.63, 3.8) is 0 Å². The SMILES string of the molecule is CC(C)(C)c1ccc(C(=O)C(Cl)(Cl)C2(O)CCCCC2)cc1. The summed E-state index contributed by atoms with van der Waals surface area (Å²) in [5, 5.41) is 10.7. The van der Waals surface area contributed by atoms with Gasteiger partial charge in [-0.15, -0.1) is 0 Å². The third-order valence-corrected chi connectivity index (χ3v) is 5.61. The summed E-state index contributed by atoms with van der Waals surface area (Å²) in [7, 11) is 0. The van der Waals surface area contributed by atoms with Gasteiger partial charge in [-0.25, -0.2) is 0 Å². The van der Waals surface area contributed by atoms with Crippen LogP contribution in [0.2, 0.25) is 0 Å². The molecule has 4 heteroatoms. The third-order valence-electron chi connectivity index (χ3n) is 4.56. The van der Waals surface area contributed by atoms with Gasteiger partial charge in [0.1, 0.15) is 5.60 Å². The molecule has 0 aromatic heterocycles. The third kappa shape index (κ3) is 3.34. The van der Waals surface area contributed by atoms with Gasteiger partial charge in [0.05, 0.1) is 0 Å². The van der Waals surface area contributed by atoms with Gasteiger partial charge < -0.3 is 5.11 Å². The monoisotopic (exact) mass is 342 g/mol. The fourth-order valence-electron chi connectivity index (χ4n) is 2.96. The molecule has 2 nitrogen and oxygen atoms in total. The molecular weight excluding hydrogens is 319 g/mol. The highest BCUT2D eigenvalue weighted by atomic mass is 35.5. The summed E-state index contributed by atoms with van der Waals surface area (Å²) in [6.45, 7) is 6.34. The Balaban J connectivity index is 2.26. The molecule has 0 atom stereocenters. The quantitative estimate of drug-likeness (QED) is 0.617. The van der Waals surface area contributed by atoms with Crippen molar-refractivity contribution in [2.24, 2.45) is 0 Å². The number of alkyl halides is 2. The Bertz CT molecular complexity index is 535. The topological polar surface area (TPSA) is 37.3 Å². The summed E-state index contributed by atoms with van der Waals surface area (Å²) in [4.78, 5) is 12.7. The first-order valence-electron chi connectivity index (χ1n) is 7.83. The van der Waals surface area contributed by atoms with E-state index in [-0.39, 0.29) is 5.41 Å². The van der Waals surface area contributed by atoms with Crippen molar-refractivity contribution in [1.29, 1.82) is 0 Å². The summed E-state index contributed by atoms with van der Waals surface area (Å²) in [6, 6.07) is 7.33. The fraction of sp³-hybridized carbons (Fsp3) is 0.611. The van der Waals surface area contributed by atoms with Gasteiger partial charge >= 0.3 is 0 Å². The van der Waals surface area contributed by atoms with Crippen LogP contribution in [0, 0.1) is 0 Å². The molecule has 0 unspecified atom stereocenters. The van der Waals surface area contributed by atoms with E-state index in [1.54, 1.807) is 12.1 Å². The highest BCUT2D eigenvalue weighted by Crippen LogP contribution is 2.45. The molecular formula is C18H24Cl2O2.